The van der Waals surface area contributed by atoms with Crippen molar-refractivity contribution in [3.05, 3.63) is 0 Å². The number of carbonyl (C=O) groups excluding carboxylic acids is 1. The van der Waals surface area contributed by atoms with Crippen LogP contribution in [-0.4, -0.2) is 17.4 Å². The Balaban J connectivity index is 1.92. The van der Waals surface area contributed by atoms with Gasteiger partial charge in [-0.3, -0.25) is 4.79 Å². The SMILES string of the molecule is CC1(C)C(=O)OC2(CCCCC2)OC12CCCCC2. The Hall–Kier alpha value is -0.570. The quantitative estimate of drug-likeness (QED) is 0.623. The summed E-state index contributed by atoms with van der Waals surface area (Å²) in [6.07, 6.45) is 10.9. The van der Waals surface area contributed by atoms with Gasteiger partial charge in [0.05, 0.1) is 11.0 Å². The lowest BCUT2D eigenvalue weighted by molar-refractivity contribution is -0.350. The van der Waals surface area contributed by atoms with Crippen LogP contribution >= 0.6 is 0 Å². The number of rotatable bonds is 0. The summed E-state index contributed by atoms with van der Waals surface area (Å²) in [5.41, 5.74) is -0.784. The lowest BCUT2D eigenvalue weighted by Crippen LogP contribution is -2.64. The molecule has 0 N–H and O–H groups in total. The van der Waals surface area contributed by atoms with Crippen molar-refractivity contribution in [3.63, 3.8) is 0 Å². The monoisotopic (exact) mass is 266 g/mol. The van der Waals surface area contributed by atoms with Crippen LogP contribution in [0.3, 0.4) is 0 Å². The number of hydrogen-bond donors (Lipinski definition) is 0. The van der Waals surface area contributed by atoms with Crippen molar-refractivity contribution in [1.82, 2.24) is 0 Å². The molecular formula is C16H26O3. The zero-order chi connectivity index (χ0) is 13.6. The van der Waals surface area contributed by atoms with E-state index in [0.29, 0.717) is 0 Å². The van der Waals surface area contributed by atoms with Gasteiger partial charge in [0.15, 0.2) is 0 Å². The summed E-state index contributed by atoms with van der Waals surface area (Å²) in [5, 5.41) is 0. The summed E-state index contributed by atoms with van der Waals surface area (Å²) in [5.74, 6) is -0.634. The van der Waals surface area contributed by atoms with Crippen LogP contribution in [0.1, 0.15) is 78.1 Å². The van der Waals surface area contributed by atoms with Crippen LogP contribution < -0.4 is 0 Å². The third kappa shape index (κ3) is 2.01. The Kier molecular flexibility index (Phi) is 3.16. The molecule has 0 aromatic carbocycles. The molecule has 3 nitrogen and oxygen atoms in total. The van der Waals surface area contributed by atoms with E-state index >= 15 is 0 Å². The largest absolute Gasteiger partial charge is 0.433 e. The number of hydrogen-bond acceptors (Lipinski definition) is 3. The van der Waals surface area contributed by atoms with E-state index in [1.165, 1.54) is 25.7 Å². The molecule has 1 heterocycles. The number of esters is 1. The first-order valence-electron chi connectivity index (χ1n) is 7.93. The maximum atomic E-state index is 12.6. The van der Waals surface area contributed by atoms with Crippen LogP contribution in [0, 0.1) is 5.41 Å². The highest BCUT2D eigenvalue weighted by Crippen LogP contribution is 2.54. The summed E-state index contributed by atoms with van der Waals surface area (Å²) in [4.78, 5) is 12.6. The zero-order valence-electron chi connectivity index (χ0n) is 12.3. The van der Waals surface area contributed by atoms with Gasteiger partial charge in [0, 0.05) is 12.8 Å². The molecule has 1 aliphatic heterocycles. The van der Waals surface area contributed by atoms with E-state index < -0.39 is 11.2 Å². The van der Waals surface area contributed by atoms with Gasteiger partial charge in [-0.05, 0) is 39.5 Å². The molecule has 108 valence electrons. The minimum absolute atomic E-state index is 0.0393. The molecule has 0 unspecified atom stereocenters. The van der Waals surface area contributed by atoms with E-state index in [2.05, 4.69) is 0 Å². The maximum Gasteiger partial charge on any atom is 0.316 e. The third-order valence-corrected chi connectivity index (χ3v) is 5.59. The highest BCUT2D eigenvalue weighted by molar-refractivity contribution is 5.78. The van der Waals surface area contributed by atoms with Crippen molar-refractivity contribution in [2.75, 3.05) is 0 Å². The van der Waals surface area contributed by atoms with Gasteiger partial charge in [0.1, 0.15) is 0 Å². The minimum atomic E-state index is -0.595. The molecule has 0 aromatic rings. The van der Waals surface area contributed by atoms with Gasteiger partial charge in [-0.1, -0.05) is 25.7 Å². The van der Waals surface area contributed by atoms with Gasteiger partial charge < -0.3 is 9.47 Å². The van der Waals surface area contributed by atoms with Crippen molar-refractivity contribution in [3.8, 4) is 0 Å². The Morgan fingerprint density at radius 2 is 1.37 bits per heavy atom. The van der Waals surface area contributed by atoms with E-state index in [-0.39, 0.29) is 11.6 Å². The Morgan fingerprint density at radius 3 is 1.95 bits per heavy atom. The molecule has 2 aliphatic carbocycles. The van der Waals surface area contributed by atoms with Crippen LogP contribution in [0.2, 0.25) is 0 Å². The molecule has 3 rings (SSSR count). The highest BCUT2D eigenvalue weighted by atomic mass is 16.7. The van der Waals surface area contributed by atoms with Gasteiger partial charge in [0.2, 0.25) is 5.79 Å². The number of ether oxygens (including phenoxy) is 2. The van der Waals surface area contributed by atoms with E-state index in [9.17, 15) is 4.79 Å². The topological polar surface area (TPSA) is 35.5 Å². The predicted octanol–water partition coefficient (Wildman–Crippen LogP) is 3.95. The lowest BCUT2D eigenvalue weighted by Gasteiger charge is -2.57. The lowest BCUT2D eigenvalue weighted by atomic mass is 9.65. The molecule has 3 fully saturated rings. The minimum Gasteiger partial charge on any atom is -0.433 e. The first kappa shape index (κ1) is 13.4. The van der Waals surface area contributed by atoms with Crippen LogP contribution in [0.15, 0.2) is 0 Å². The summed E-state index contributed by atoms with van der Waals surface area (Å²) >= 11 is 0. The molecule has 0 bridgehead atoms. The second-order valence-electron chi connectivity index (χ2n) is 7.14. The summed E-state index contributed by atoms with van der Waals surface area (Å²) < 4.78 is 12.4. The van der Waals surface area contributed by atoms with Crippen molar-refractivity contribution in [2.24, 2.45) is 5.41 Å². The molecule has 0 atom stereocenters. The third-order valence-electron chi connectivity index (χ3n) is 5.59. The molecular weight excluding hydrogens is 240 g/mol. The van der Waals surface area contributed by atoms with Crippen molar-refractivity contribution < 1.29 is 14.3 Å². The molecule has 0 amide bonds. The van der Waals surface area contributed by atoms with Gasteiger partial charge >= 0.3 is 5.97 Å². The summed E-state index contributed by atoms with van der Waals surface area (Å²) in [6.45, 7) is 4.02. The van der Waals surface area contributed by atoms with Crippen LogP contribution in [0.25, 0.3) is 0 Å². The van der Waals surface area contributed by atoms with E-state index in [0.717, 1.165) is 38.5 Å². The number of carbonyl (C=O) groups is 1. The fourth-order valence-corrected chi connectivity index (χ4v) is 4.13. The normalized spacial score (nSPS) is 32.2. The first-order chi connectivity index (χ1) is 9.00. The molecule has 3 heteroatoms. The molecule has 2 spiro atoms. The standard InChI is InChI=1S/C16H26O3/c1-14(2)13(17)18-16(11-7-4-8-12-16)19-15(14)9-5-3-6-10-15/h3-12H2,1-2H3. The zero-order valence-corrected chi connectivity index (χ0v) is 12.3. The van der Waals surface area contributed by atoms with Crippen molar-refractivity contribution >= 4 is 5.97 Å². The maximum absolute atomic E-state index is 12.6. The van der Waals surface area contributed by atoms with Gasteiger partial charge in [-0.2, -0.15) is 0 Å². The van der Waals surface area contributed by atoms with Gasteiger partial charge in [-0.15, -0.1) is 0 Å². The fourth-order valence-electron chi connectivity index (χ4n) is 4.13. The summed E-state index contributed by atoms with van der Waals surface area (Å²) in [6, 6.07) is 0. The van der Waals surface area contributed by atoms with Crippen LogP contribution in [-0.2, 0) is 14.3 Å². The molecule has 0 radical (unpaired) electrons. The first-order valence-corrected chi connectivity index (χ1v) is 7.93. The van der Waals surface area contributed by atoms with E-state index in [4.69, 9.17) is 9.47 Å². The van der Waals surface area contributed by atoms with Gasteiger partial charge in [-0.25, -0.2) is 0 Å². The molecule has 19 heavy (non-hydrogen) atoms. The molecule has 2 saturated carbocycles. The van der Waals surface area contributed by atoms with E-state index in [1.807, 2.05) is 13.8 Å². The average molecular weight is 266 g/mol. The van der Waals surface area contributed by atoms with Crippen LogP contribution in [0.4, 0.5) is 0 Å². The van der Waals surface area contributed by atoms with Gasteiger partial charge in [0.25, 0.3) is 0 Å². The van der Waals surface area contributed by atoms with Crippen LogP contribution in [0.5, 0.6) is 0 Å². The Bertz CT molecular complexity index is 360. The predicted molar refractivity (Wildman–Crippen MR) is 72.6 cm³/mol. The Morgan fingerprint density at radius 1 is 0.842 bits per heavy atom. The average Bonchev–Trinajstić information content (AvgIpc) is 2.39. The smallest absolute Gasteiger partial charge is 0.316 e. The molecule has 3 aliphatic rings. The second kappa shape index (κ2) is 4.47. The van der Waals surface area contributed by atoms with Crippen molar-refractivity contribution in [2.45, 2.75) is 89.4 Å². The van der Waals surface area contributed by atoms with E-state index in [1.54, 1.807) is 0 Å². The fraction of sp³-hybridized carbons (Fsp3) is 0.938. The second-order valence-corrected chi connectivity index (χ2v) is 7.14. The highest BCUT2D eigenvalue weighted by Gasteiger charge is 2.61. The Labute approximate surface area is 116 Å². The molecule has 0 aromatic heterocycles. The van der Waals surface area contributed by atoms with Crippen molar-refractivity contribution in [1.29, 1.82) is 0 Å². The molecule has 1 saturated heterocycles. The summed E-state index contributed by atoms with van der Waals surface area (Å²) in [7, 11) is 0.